The Morgan fingerprint density at radius 3 is 2.79 bits per heavy atom. The van der Waals surface area contributed by atoms with Crippen LogP contribution in [0.1, 0.15) is 29.8 Å². The van der Waals surface area contributed by atoms with E-state index in [2.05, 4.69) is 5.32 Å². The maximum Gasteiger partial charge on any atom is 0.341 e. The number of amides is 1. The van der Waals surface area contributed by atoms with E-state index in [-0.39, 0.29) is 18.1 Å². The maximum absolute atomic E-state index is 13.5. The van der Waals surface area contributed by atoms with Gasteiger partial charge in [-0.3, -0.25) is 4.79 Å². The van der Waals surface area contributed by atoms with Crippen molar-refractivity contribution in [1.29, 1.82) is 0 Å². The molecule has 19 heavy (non-hydrogen) atoms. The molecule has 1 aromatic rings. The van der Waals surface area contributed by atoms with Crippen molar-refractivity contribution in [1.82, 2.24) is 5.32 Å². The van der Waals surface area contributed by atoms with Gasteiger partial charge < -0.3 is 10.1 Å². The van der Waals surface area contributed by atoms with Crippen LogP contribution in [0.5, 0.6) is 0 Å². The summed E-state index contributed by atoms with van der Waals surface area (Å²) in [7, 11) is 0. The number of esters is 1. The summed E-state index contributed by atoms with van der Waals surface area (Å²) in [5, 5.41) is 2.59. The van der Waals surface area contributed by atoms with Gasteiger partial charge in [-0.05, 0) is 24.6 Å². The summed E-state index contributed by atoms with van der Waals surface area (Å²) in [4.78, 5) is 22.2. The fraction of sp³-hybridized carbons (Fsp3) is 0.286. The van der Waals surface area contributed by atoms with Crippen LogP contribution in [0, 0.1) is 5.82 Å². The van der Waals surface area contributed by atoms with Gasteiger partial charge in [-0.25, -0.2) is 9.18 Å². The maximum atomic E-state index is 13.5. The van der Waals surface area contributed by atoms with Gasteiger partial charge in [-0.15, -0.1) is 0 Å². The van der Waals surface area contributed by atoms with Crippen molar-refractivity contribution in [2.75, 3.05) is 13.2 Å². The Morgan fingerprint density at radius 2 is 2.16 bits per heavy atom. The van der Waals surface area contributed by atoms with Gasteiger partial charge in [0, 0.05) is 13.5 Å². The average Bonchev–Trinajstić information content (AvgIpc) is 2.36. The predicted molar refractivity (Wildman–Crippen MR) is 70.1 cm³/mol. The van der Waals surface area contributed by atoms with Crippen LogP contribution in [0.25, 0.3) is 6.08 Å². The molecule has 0 aliphatic carbocycles. The second-order valence-electron chi connectivity index (χ2n) is 3.80. The number of ether oxygens (including phenoxy) is 1. The van der Waals surface area contributed by atoms with Gasteiger partial charge in [0.25, 0.3) is 0 Å². The van der Waals surface area contributed by atoms with E-state index in [1.54, 1.807) is 25.1 Å². The van der Waals surface area contributed by atoms with E-state index in [4.69, 9.17) is 4.74 Å². The quantitative estimate of drug-likeness (QED) is 0.830. The summed E-state index contributed by atoms with van der Waals surface area (Å²) < 4.78 is 18.2. The Balaban J connectivity index is 2.78. The number of carbonyl (C=O) groups is 2. The van der Waals surface area contributed by atoms with Crippen LogP contribution >= 0.6 is 0 Å². The Labute approximate surface area is 111 Å². The zero-order chi connectivity index (χ0) is 14.3. The zero-order valence-corrected chi connectivity index (χ0v) is 10.9. The number of hydrogen-bond acceptors (Lipinski definition) is 3. The van der Waals surface area contributed by atoms with Crippen LogP contribution in [0.3, 0.4) is 0 Å². The first-order valence-electron chi connectivity index (χ1n) is 5.92. The van der Waals surface area contributed by atoms with Crippen molar-refractivity contribution in [3.05, 3.63) is 41.2 Å². The lowest BCUT2D eigenvalue weighted by atomic mass is 10.1. The fourth-order valence-electron chi connectivity index (χ4n) is 1.41. The first-order valence-corrected chi connectivity index (χ1v) is 5.92. The molecule has 1 rings (SSSR count). The van der Waals surface area contributed by atoms with Crippen molar-refractivity contribution in [3.8, 4) is 0 Å². The summed E-state index contributed by atoms with van der Waals surface area (Å²) in [5.41, 5.74) is 0.568. The Bertz CT molecular complexity index is 497. The summed E-state index contributed by atoms with van der Waals surface area (Å²) in [6.45, 7) is 3.65. The van der Waals surface area contributed by atoms with Crippen LogP contribution in [0.2, 0.25) is 0 Å². The molecule has 0 radical (unpaired) electrons. The highest BCUT2D eigenvalue weighted by atomic mass is 19.1. The summed E-state index contributed by atoms with van der Waals surface area (Å²) in [5.74, 6) is -1.43. The molecule has 4 nitrogen and oxygen atoms in total. The third-order valence-electron chi connectivity index (χ3n) is 2.26. The van der Waals surface area contributed by atoms with Crippen LogP contribution in [0.15, 0.2) is 24.3 Å². The first kappa shape index (κ1) is 14.9. The molecule has 0 aliphatic heterocycles. The zero-order valence-electron chi connectivity index (χ0n) is 10.9. The second kappa shape index (κ2) is 7.31. The molecule has 0 spiro atoms. The van der Waals surface area contributed by atoms with E-state index in [1.807, 2.05) is 0 Å². The van der Waals surface area contributed by atoms with Crippen LogP contribution in [-0.4, -0.2) is 25.0 Å². The molecule has 0 saturated heterocycles. The smallest absolute Gasteiger partial charge is 0.341 e. The first-order chi connectivity index (χ1) is 9.04. The topological polar surface area (TPSA) is 55.4 Å². The normalized spacial score (nSPS) is 10.5. The SMILES string of the molecule is CCOC(=O)c1cc(C=CCNC(C)=O)ccc1F. The number of nitrogens with one attached hydrogen (secondary N) is 1. The van der Waals surface area contributed by atoms with Gasteiger partial charge in [-0.1, -0.05) is 18.2 Å². The summed E-state index contributed by atoms with van der Waals surface area (Å²) >= 11 is 0. The van der Waals surface area contributed by atoms with Gasteiger partial charge in [0.15, 0.2) is 0 Å². The third-order valence-corrected chi connectivity index (χ3v) is 2.26. The van der Waals surface area contributed by atoms with Crippen molar-refractivity contribution >= 4 is 18.0 Å². The molecule has 1 amide bonds. The van der Waals surface area contributed by atoms with Crippen LogP contribution in [-0.2, 0) is 9.53 Å². The molecule has 0 aliphatic rings. The van der Waals surface area contributed by atoms with Crippen molar-refractivity contribution in [3.63, 3.8) is 0 Å². The number of hydrogen-bond donors (Lipinski definition) is 1. The van der Waals surface area contributed by atoms with Gasteiger partial charge >= 0.3 is 5.97 Å². The predicted octanol–water partition coefficient (Wildman–Crippen LogP) is 2.15. The second-order valence-corrected chi connectivity index (χ2v) is 3.80. The number of halogens is 1. The molecule has 0 saturated carbocycles. The van der Waals surface area contributed by atoms with Crippen molar-refractivity contribution in [2.24, 2.45) is 0 Å². The lowest BCUT2D eigenvalue weighted by molar-refractivity contribution is -0.118. The minimum Gasteiger partial charge on any atom is -0.462 e. The van der Waals surface area contributed by atoms with Gasteiger partial charge in [0.05, 0.1) is 12.2 Å². The highest BCUT2D eigenvalue weighted by Gasteiger charge is 2.12. The number of benzene rings is 1. The third kappa shape index (κ3) is 4.91. The molecular weight excluding hydrogens is 249 g/mol. The highest BCUT2D eigenvalue weighted by molar-refractivity contribution is 5.90. The Kier molecular flexibility index (Phi) is 5.73. The van der Waals surface area contributed by atoms with E-state index < -0.39 is 11.8 Å². The largest absolute Gasteiger partial charge is 0.462 e. The number of carbonyl (C=O) groups excluding carboxylic acids is 2. The Morgan fingerprint density at radius 1 is 1.42 bits per heavy atom. The summed E-state index contributed by atoms with van der Waals surface area (Å²) in [6, 6.07) is 4.17. The van der Waals surface area contributed by atoms with E-state index in [0.717, 1.165) is 0 Å². The van der Waals surface area contributed by atoms with E-state index in [0.29, 0.717) is 12.1 Å². The van der Waals surface area contributed by atoms with Crippen LogP contribution in [0.4, 0.5) is 4.39 Å². The lowest BCUT2D eigenvalue weighted by Gasteiger charge is -2.04. The van der Waals surface area contributed by atoms with Gasteiger partial charge in [-0.2, -0.15) is 0 Å². The number of rotatable bonds is 5. The molecule has 0 bridgehead atoms. The molecule has 0 unspecified atom stereocenters. The van der Waals surface area contributed by atoms with Crippen molar-refractivity contribution in [2.45, 2.75) is 13.8 Å². The highest BCUT2D eigenvalue weighted by Crippen LogP contribution is 2.13. The minimum absolute atomic E-state index is 0.0940. The monoisotopic (exact) mass is 265 g/mol. The van der Waals surface area contributed by atoms with E-state index in [1.165, 1.54) is 19.1 Å². The van der Waals surface area contributed by atoms with Crippen molar-refractivity contribution < 1.29 is 18.7 Å². The molecule has 0 atom stereocenters. The molecule has 102 valence electrons. The fourth-order valence-corrected chi connectivity index (χ4v) is 1.41. The van der Waals surface area contributed by atoms with Gasteiger partial charge in [0.2, 0.25) is 5.91 Å². The van der Waals surface area contributed by atoms with E-state index >= 15 is 0 Å². The Hall–Kier alpha value is -2.17. The molecule has 0 fully saturated rings. The molecule has 5 heteroatoms. The van der Waals surface area contributed by atoms with E-state index in [9.17, 15) is 14.0 Å². The standard InChI is InChI=1S/C14H16FNO3/c1-3-19-14(18)12-9-11(6-7-13(12)15)5-4-8-16-10(2)17/h4-7,9H,3,8H2,1-2H3,(H,16,17). The molecular formula is C14H16FNO3. The molecule has 1 N–H and O–H groups in total. The van der Waals surface area contributed by atoms with Crippen LogP contribution < -0.4 is 5.32 Å². The molecule has 0 heterocycles. The molecule has 1 aromatic carbocycles. The van der Waals surface area contributed by atoms with Gasteiger partial charge in [0.1, 0.15) is 5.82 Å². The lowest BCUT2D eigenvalue weighted by Crippen LogP contribution is -2.19. The summed E-state index contributed by atoms with van der Waals surface area (Å²) in [6.07, 6.45) is 3.40. The molecule has 0 aromatic heterocycles. The minimum atomic E-state index is -0.683. The average molecular weight is 265 g/mol.